The quantitative estimate of drug-likeness (QED) is 0.209. The topological polar surface area (TPSA) is 144 Å². The zero-order chi connectivity index (χ0) is 30.2. The number of nitrogens with zero attached hydrogens (tertiary/aromatic N) is 5. The highest BCUT2D eigenvalue weighted by Gasteiger charge is 2.39. The highest BCUT2D eigenvalue weighted by molar-refractivity contribution is 6.30. The molecule has 1 aliphatic rings. The number of nitriles is 1. The summed E-state index contributed by atoms with van der Waals surface area (Å²) in [7, 11) is 0. The number of carbonyl (C=O) groups excluding carboxylic acids is 2. The van der Waals surface area contributed by atoms with Gasteiger partial charge in [0, 0.05) is 43.6 Å². The number of aromatic amines is 1. The van der Waals surface area contributed by atoms with Crippen LogP contribution < -0.4 is 11.1 Å². The van der Waals surface area contributed by atoms with Crippen molar-refractivity contribution in [3.8, 4) is 6.07 Å². The Balaban J connectivity index is 1.35. The van der Waals surface area contributed by atoms with Gasteiger partial charge in [-0.05, 0) is 66.8 Å². The van der Waals surface area contributed by atoms with Crippen LogP contribution in [0.15, 0.2) is 79.4 Å². The van der Waals surface area contributed by atoms with Crippen molar-refractivity contribution in [3.05, 3.63) is 112 Å². The molecule has 2 amide bonds. The maximum Gasteiger partial charge on any atom is 0.252 e. The van der Waals surface area contributed by atoms with E-state index >= 15 is 0 Å². The van der Waals surface area contributed by atoms with Gasteiger partial charge in [-0.25, -0.2) is 9.97 Å². The van der Waals surface area contributed by atoms with Gasteiger partial charge in [-0.2, -0.15) is 5.26 Å². The van der Waals surface area contributed by atoms with Gasteiger partial charge in [0.1, 0.15) is 5.82 Å². The number of pyridine rings is 1. The van der Waals surface area contributed by atoms with Gasteiger partial charge >= 0.3 is 0 Å². The Bertz CT molecular complexity index is 1570. The van der Waals surface area contributed by atoms with Crippen LogP contribution in [0.2, 0.25) is 5.02 Å². The fourth-order valence-electron chi connectivity index (χ4n) is 5.47. The average Bonchev–Trinajstić information content (AvgIpc) is 3.67. The van der Waals surface area contributed by atoms with Crippen LogP contribution in [0.4, 0.5) is 5.82 Å². The second-order valence-electron chi connectivity index (χ2n) is 10.5. The molecule has 0 bridgehead atoms. The number of benzene rings is 2. The molecule has 4 N–H and O–H groups in total. The van der Waals surface area contributed by atoms with Crippen LogP contribution >= 0.6 is 11.6 Å². The average molecular weight is 597 g/mol. The number of carbonyl (C=O) groups is 2. The highest BCUT2D eigenvalue weighted by atomic mass is 35.5. The first kappa shape index (κ1) is 29.8. The number of hydrogen-bond donors (Lipinski definition) is 3. The summed E-state index contributed by atoms with van der Waals surface area (Å²) in [5.74, 6) is 0.178. The molecular formula is C32H33ClN8O2. The first-order valence-corrected chi connectivity index (χ1v) is 14.5. The normalized spacial score (nSPS) is 15.4. The van der Waals surface area contributed by atoms with Gasteiger partial charge in [0.2, 0.25) is 5.91 Å². The molecule has 2 aromatic carbocycles. The van der Waals surface area contributed by atoms with E-state index in [1.165, 1.54) is 6.20 Å². The van der Waals surface area contributed by atoms with Crippen LogP contribution in [0.1, 0.15) is 51.6 Å². The summed E-state index contributed by atoms with van der Waals surface area (Å²) in [4.78, 5) is 42.2. The number of likely N-dealkylation sites (tertiary alicyclic amines) is 1. The Morgan fingerprint density at radius 2 is 2.02 bits per heavy atom. The third kappa shape index (κ3) is 7.57. The number of nitrogens with two attached hydrogens (primary N) is 1. The molecule has 220 valence electrons. The molecule has 0 aliphatic carbocycles. The number of nitrogens with one attached hydrogen (secondary N) is 2. The molecule has 3 heterocycles. The van der Waals surface area contributed by atoms with Crippen LogP contribution in [0.25, 0.3) is 0 Å². The SMILES string of the molecule is N#Cc1ccc(CC(c2cnc[nH]2)N(CCCNC(=O)c2ccc(N)nc2)[C@@H]2CCN(Cc3cccc(Cl)c3)C2=O)cc1. The number of nitrogen functional groups attached to an aromatic ring is 1. The summed E-state index contributed by atoms with van der Waals surface area (Å²) in [6.07, 6.45) is 6.78. The molecule has 1 aliphatic heterocycles. The zero-order valence-electron chi connectivity index (χ0n) is 23.6. The van der Waals surface area contributed by atoms with Crippen LogP contribution in [0.5, 0.6) is 0 Å². The van der Waals surface area contributed by atoms with Gasteiger partial charge in [0.25, 0.3) is 5.91 Å². The van der Waals surface area contributed by atoms with Gasteiger partial charge in [-0.15, -0.1) is 0 Å². The Hall–Kier alpha value is -4.72. The largest absolute Gasteiger partial charge is 0.384 e. The second-order valence-corrected chi connectivity index (χ2v) is 11.0. The smallest absolute Gasteiger partial charge is 0.252 e. The minimum atomic E-state index is -0.358. The lowest BCUT2D eigenvalue weighted by Gasteiger charge is -2.35. The van der Waals surface area contributed by atoms with Gasteiger partial charge in [0.15, 0.2) is 0 Å². The Kier molecular flexibility index (Phi) is 9.66. The minimum Gasteiger partial charge on any atom is -0.384 e. The number of anilines is 1. The van der Waals surface area contributed by atoms with Crippen molar-refractivity contribution < 1.29 is 9.59 Å². The lowest BCUT2D eigenvalue weighted by molar-refractivity contribution is -0.133. The number of H-pyrrole nitrogens is 1. The Morgan fingerprint density at radius 1 is 1.19 bits per heavy atom. The van der Waals surface area contributed by atoms with Gasteiger partial charge in [0.05, 0.1) is 41.3 Å². The number of amides is 2. The molecule has 0 radical (unpaired) electrons. The van der Waals surface area contributed by atoms with E-state index in [0.29, 0.717) is 67.4 Å². The molecular weight excluding hydrogens is 564 g/mol. The van der Waals surface area contributed by atoms with Crippen LogP contribution in [0, 0.1) is 11.3 Å². The van der Waals surface area contributed by atoms with Crippen molar-refractivity contribution in [2.45, 2.75) is 37.9 Å². The number of hydrogen-bond acceptors (Lipinski definition) is 7. The van der Waals surface area contributed by atoms with Crippen molar-refractivity contribution in [2.75, 3.05) is 25.4 Å². The van der Waals surface area contributed by atoms with Gasteiger partial charge in [-0.3, -0.25) is 14.5 Å². The number of halogens is 1. The number of rotatable bonds is 12. The van der Waals surface area contributed by atoms with Crippen molar-refractivity contribution in [1.82, 2.24) is 30.1 Å². The van der Waals surface area contributed by atoms with E-state index in [1.54, 1.807) is 36.8 Å². The van der Waals surface area contributed by atoms with Crippen molar-refractivity contribution in [1.29, 1.82) is 5.26 Å². The molecule has 1 unspecified atom stereocenters. The summed E-state index contributed by atoms with van der Waals surface area (Å²) in [6.45, 7) is 2.08. The predicted molar refractivity (Wildman–Crippen MR) is 164 cm³/mol. The van der Waals surface area contributed by atoms with Gasteiger partial charge in [-0.1, -0.05) is 35.9 Å². The molecule has 5 rings (SSSR count). The van der Waals surface area contributed by atoms with E-state index in [2.05, 4.69) is 31.2 Å². The monoisotopic (exact) mass is 596 g/mol. The molecule has 2 atom stereocenters. The van der Waals surface area contributed by atoms with Crippen LogP contribution in [0.3, 0.4) is 0 Å². The maximum atomic E-state index is 13.9. The minimum absolute atomic E-state index is 0.0568. The summed E-state index contributed by atoms with van der Waals surface area (Å²) in [6, 6.07) is 19.9. The number of imidazole rings is 1. The zero-order valence-corrected chi connectivity index (χ0v) is 24.4. The summed E-state index contributed by atoms with van der Waals surface area (Å²) >= 11 is 6.20. The summed E-state index contributed by atoms with van der Waals surface area (Å²) < 4.78 is 0. The van der Waals surface area contributed by atoms with E-state index in [4.69, 9.17) is 17.3 Å². The molecule has 1 saturated heterocycles. The molecule has 0 saturated carbocycles. The molecule has 2 aromatic heterocycles. The van der Waals surface area contributed by atoms with E-state index in [9.17, 15) is 14.9 Å². The third-order valence-corrected chi connectivity index (χ3v) is 7.89. The van der Waals surface area contributed by atoms with Gasteiger partial charge < -0.3 is 20.9 Å². The molecule has 43 heavy (non-hydrogen) atoms. The fraction of sp³-hybridized carbons (Fsp3) is 0.281. The molecule has 0 spiro atoms. The first-order valence-electron chi connectivity index (χ1n) is 14.2. The predicted octanol–water partition coefficient (Wildman–Crippen LogP) is 4.12. The fourth-order valence-corrected chi connectivity index (χ4v) is 5.68. The standard InChI is InChI=1S/C32H33ClN8O2/c33-26-4-1-3-24(15-26)20-40-14-11-28(32(40)43)41(13-2-12-37-31(42)25-9-10-30(35)38-18-25)29(27-19-36-21-39-27)16-22-5-7-23(17-34)8-6-22/h1,3-10,15,18-19,21,28-29H,2,11-14,16,20H2,(H2,35,38)(H,36,39)(H,37,42)/t28-,29?/m1/s1. The third-order valence-electron chi connectivity index (χ3n) is 7.65. The molecule has 11 heteroatoms. The van der Waals surface area contributed by atoms with Crippen molar-refractivity contribution in [3.63, 3.8) is 0 Å². The first-order chi connectivity index (χ1) is 20.9. The lowest BCUT2D eigenvalue weighted by Crippen LogP contribution is -2.45. The van der Waals surface area contributed by atoms with E-state index in [0.717, 1.165) is 16.8 Å². The van der Waals surface area contributed by atoms with E-state index in [-0.39, 0.29) is 23.9 Å². The van der Waals surface area contributed by atoms with Crippen molar-refractivity contribution >= 4 is 29.2 Å². The molecule has 4 aromatic rings. The molecule has 1 fully saturated rings. The van der Waals surface area contributed by atoms with Crippen LogP contribution in [-0.2, 0) is 17.8 Å². The Morgan fingerprint density at radius 3 is 2.72 bits per heavy atom. The summed E-state index contributed by atoms with van der Waals surface area (Å²) in [5, 5.41) is 12.8. The van der Waals surface area contributed by atoms with Crippen molar-refractivity contribution in [2.24, 2.45) is 0 Å². The molecule has 10 nitrogen and oxygen atoms in total. The lowest BCUT2D eigenvalue weighted by atomic mass is 9.98. The van der Waals surface area contributed by atoms with Crippen LogP contribution in [-0.4, -0.2) is 62.2 Å². The second kappa shape index (κ2) is 14.0. The highest BCUT2D eigenvalue weighted by Crippen LogP contribution is 2.31. The van der Waals surface area contributed by atoms with E-state index in [1.807, 2.05) is 41.3 Å². The number of aromatic nitrogens is 3. The Labute approximate surface area is 255 Å². The van der Waals surface area contributed by atoms with E-state index < -0.39 is 0 Å². The summed E-state index contributed by atoms with van der Waals surface area (Å²) in [5.41, 5.74) is 9.58. The maximum absolute atomic E-state index is 13.9.